The van der Waals surface area contributed by atoms with E-state index in [0.717, 1.165) is 6.54 Å². The third-order valence-corrected chi connectivity index (χ3v) is 3.35. The summed E-state index contributed by atoms with van der Waals surface area (Å²) in [5.41, 5.74) is 0. The Morgan fingerprint density at radius 1 is 1.42 bits per heavy atom. The van der Waals surface area contributed by atoms with Crippen LogP contribution in [0.5, 0.6) is 0 Å². The lowest BCUT2D eigenvalue weighted by Crippen LogP contribution is -2.48. The Kier molecular flexibility index (Phi) is 6.04. The summed E-state index contributed by atoms with van der Waals surface area (Å²) in [5, 5.41) is 14.3. The van der Waals surface area contributed by atoms with Gasteiger partial charge in [0, 0.05) is 19.1 Å². The van der Waals surface area contributed by atoms with Crippen LogP contribution < -0.4 is 10.6 Å². The largest absolute Gasteiger partial charge is 0.481 e. The molecule has 19 heavy (non-hydrogen) atoms. The molecule has 1 fully saturated rings. The molecular weight excluding hydrogens is 250 g/mol. The first-order valence-corrected chi connectivity index (χ1v) is 6.47. The van der Waals surface area contributed by atoms with E-state index in [9.17, 15) is 9.59 Å². The number of carbonyl (C=O) groups excluding carboxylic acids is 1. The number of carboxylic acids is 1. The summed E-state index contributed by atoms with van der Waals surface area (Å²) in [5.74, 6) is -1.61. The van der Waals surface area contributed by atoms with Crippen LogP contribution in [0.3, 0.4) is 0 Å². The molecule has 110 valence electrons. The van der Waals surface area contributed by atoms with Crippen LogP contribution in [0.25, 0.3) is 0 Å². The molecule has 1 heterocycles. The zero-order valence-corrected chi connectivity index (χ0v) is 11.7. The Labute approximate surface area is 113 Å². The number of hydrogen-bond donors (Lipinski definition) is 3. The second-order valence-corrected chi connectivity index (χ2v) is 5.06. The number of carbonyl (C=O) groups is 2. The monoisotopic (exact) mass is 273 g/mol. The number of nitrogens with zero attached hydrogens (tertiary/aromatic N) is 1. The molecule has 0 aromatic heterocycles. The molecule has 1 aliphatic heterocycles. The smallest absolute Gasteiger partial charge is 0.315 e. The Balaban J connectivity index is 2.26. The minimum atomic E-state index is -0.942. The first kappa shape index (κ1) is 15.7. The van der Waals surface area contributed by atoms with E-state index in [0.29, 0.717) is 12.6 Å². The summed E-state index contributed by atoms with van der Waals surface area (Å²) in [6.45, 7) is 5.81. The quantitative estimate of drug-likeness (QED) is 0.619. The topological polar surface area (TPSA) is 90.9 Å². The van der Waals surface area contributed by atoms with Crippen LogP contribution in [-0.4, -0.2) is 67.4 Å². The average molecular weight is 273 g/mol. The fourth-order valence-electron chi connectivity index (χ4n) is 1.76. The van der Waals surface area contributed by atoms with Gasteiger partial charge in [0.05, 0.1) is 19.3 Å². The Morgan fingerprint density at radius 3 is 2.68 bits per heavy atom. The number of amides is 2. The normalized spacial score (nSPS) is 22.8. The molecule has 3 N–H and O–H groups in total. The fourth-order valence-corrected chi connectivity index (χ4v) is 1.76. The van der Waals surface area contributed by atoms with E-state index < -0.39 is 17.9 Å². The second-order valence-electron chi connectivity index (χ2n) is 5.06. The molecule has 0 spiro atoms. The lowest BCUT2D eigenvalue weighted by Gasteiger charge is -2.21. The van der Waals surface area contributed by atoms with Gasteiger partial charge < -0.3 is 25.4 Å². The third kappa shape index (κ3) is 5.04. The number of hydrogen-bond acceptors (Lipinski definition) is 4. The fraction of sp³-hybridized carbons (Fsp3) is 0.833. The van der Waals surface area contributed by atoms with E-state index in [4.69, 9.17) is 9.84 Å². The van der Waals surface area contributed by atoms with Gasteiger partial charge in [-0.05, 0) is 20.9 Å². The molecular formula is C12H23N3O4. The van der Waals surface area contributed by atoms with Crippen LogP contribution in [0, 0.1) is 5.92 Å². The Hall–Kier alpha value is -1.34. The van der Waals surface area contributed by atoms with Crippen molar-refractivity contribution < 1.29 is 19.4 Å². The summed E-state index contributed by atoms with van der Waals surface area (Å²) in [4.78, 5) is 24.7. The molecule has 7 nitrogen and oxygen atoms in total. The van der Waals surface area contributed by atoms with E-state index >= 15 is 0 Å². The predicted molar refractivity (Wildman–Crippen MR) is 70.0 cm³/mol. The molecule has 2 unspecified atom stereocenters. The summed E-state index contributed by atoms with van der Waals surface area (Å²) in [7, 11) is 1.98. The Bertz CT molecular complexity index is 322. The van der Waals surface area contributed by atoms with E-state index in [1.165, 1.54) is 0 Å². The first-order valence-electron chi connectivity index (χ1n) is 6.47. The molecule has 0 aromatic carbocycles. The van der Waals surface area contributed by atoms with Crippen molar-refractivity contribution >= 4 is 12.0 Å². The van der Waals surface area contributed by atoms with Crippen molar-refractivity contribution in [1.82, 2.24) is 15.5 Å². The predicted octanol–water partition coefficient (Wildman–Crippen LogP) is -0.275. The number of urea groups is 1. The highest BCUT2D eigenvalue weighted by molar-refractivity contribution is 5.77. The van der Waals surface area contributed by atoms with Gasteiger partial charge in [-0.1, -0.05) is 0 Å². The molecule has 0 bridgehead atoms. The van der Waals surface area contributed by atoms with Crippen LogP contribution in [0.4, 0.5) is 4.79 Å². The zero-order chi connectivity index (χ0) is 14.4. The molecule has 2 amide bonds. The number of ether oxygens (including phenoxy) is 1. The van der Waals surface area contributed by atoms with Gasteiger partial charge in [-0.15, -0.1) is 0 Å². The maximum absolute atomic E-state index is 11.6. The minimum absolute atomic E-state index is 0.149. The van der Waals surface area contributed by atoms with Gasteiger partial charge in [0.1, 0.15) is 5.92 Å². The van der Waals surface area contributed by atoms with Crippen molar-refractivity contribution in [2.24, 2.45) is 5.92 Å². The summed E-state index contributed by atoms with van der Waals surface area (Å²) >= 11 is 0. The van der Waals surface area contributed by atoms with E-state index in [-0.39, 0.29) is 19.2 Å². The van der Waals surface area contributed by atoms with Crippen molar-refractivity contribution in [1.29, 1.82) is 0 Å². The highest BCUT2D eigenvalue weighted by Crippen LogP contribution is 2.13. The lowest BCUT2D eigenvalue weighted by atomic mass is 10.0. The van der Waals surface area contributed by atoms with Crippen molar-refractivity contribution in [3.05, 3.63) is 0 Å². The van der Waals surface area contributed by atoms with Gasteiger partial charge in [0.25, 0.3) is 0 Å². The highest BCUT2D eigenvalue weighted by Gasteiger charge is 2.34. The Morgan fingerprint density at radius 2 is 2.11 bits per heavy atom. The summed E-state index contributed by atoms with van der Waals surface area (Å²) in [6, 6.07) is -0.385. The van der Waals surface area contributed by atoms with Crippen LogP contribution >= 0.6 is 0 Å². The summed E-state index contributed by atoms with van der Waals surface area (Å²) in [6.07, 6.45) is 0. The number of rotatable bonds is 6. The second kappa shape index (κ2) is 7.30. The van der Waals surface area contributed by atoms with E-state index in [1.54, 1.807) is 0 Å². The van der Waals surface area contributed by atoms with Crippen LogP contribution in [-0.2, 0) is 9.53 Å². The molecule has 0 radical (unpaired) electrons. The van der Waals surface area contributed by atoms with E-state index in [2.05, 4.69) is 29.4 Å². The van der Waals surface area contributed by atoms with Gasteiger partial charge in [-0.3, -0.25) is 4.79 Å². The minimum Gasteiger partial charge on any atom is -0.481 e. The molecule has 0 saturated carbocycles. The van der Waals surface area contributed by atoms with Gasteiger partial charge in [-0.2, -0.15) is 0 Å². The first-order chi connectivity index (χ1) is 8.91. The lowest BCUT2D eigenvalue weighted by molar-refractivity contribution is -0.142. The van der Waals surface area contributed by atoms with Crippen LogP contribution in [0.1, 0.15) is 13.8 Å². The number of likely N-dealkylation sites (N-methyl/N-ethyl adjacent to an activating group) is 1. The van der Waals surface area contributed by atoms with Crippen molar-refractivity contribution in [2.75, 3.05) is 33.4 Å². The van der Waals surface area contributed by atoms with Crippen molar-refractivity contribution in [3.8, 4) is 0 Å². The molecule has 1 rings (SSSR count). The average Bonchev–Trinajstić information content (AvgIpc) is 2.76. The van der Waals surface area contributed by atoms with Gasteiger partial charge >= 0.3 is 12.0 Å². The number of carboxylic acid groups (broad SMARTS) is 1. The molecule has 7 heteroatoms. The van der Waals surface area contributed by atoms with E-state index in [1.807, 2.05) is 7.05 Å². The zero-order valence-electron chi connectivity index (χ0n) is 11.7. The van der Waals surface area contributed by atoms with Crippen LogP contribution in [0.15, 0.2) is 0 Å². The molecule has 2 atom stereocenters. The van der Waals surface area contributed by atoms with Crippen LogP contribution in [0.2, 0.25) is 0 Å². The highest BCUT2D eigenvalue weighted by atomic mass is 16.5. The van der Waals surface area contributed by atoms with Gasteiger partial charge in [0.15, 0.2) is 0 Å². The standard InChI is InChI=1S/C12H23N3O4/c1-8(2)15(3)5-4-13-12(18)14-10-7-19-6-9(10)11(16)17/h8-10H,4-7H2,1-3H3,(H,16,17)(H2,13,14,18). The maximum Gasteiger partial charge on any atom is 0.315 e. The van der Waals surface area contributed by atoms with Gasteiger partial charge in [0.2, 0.25) is 0 Å². The maximum atomic E-state index is 11.6. The molecule has 0 aliphatic carbocycles. The number of nitrogens with one attached hydrogen (secondary N) is 2. The number of aliphatic carboxylic acids is 1. The molecule has 1 saturated heterocycles. The molecule has 0 aromatic rings. The summed E-state index contributed by atoms with van der Waals surface area (Å²) < 4.78 is 5.07. The van der Waals surface area contributed by atoms with Crippen molar-refractivity contribution in [3.63, 3.8) is 0 Å². The SMILES string of the molecule is CC(C)N(C)CCNC(=O)NC1COCC1C(=O)O. The van der Waals surface area contributed by atoms with Crippen molar-refractivity contribution in [2.45, 2.75) is 25.9 Å². The third-order valence-electron chi connectivity index (χ3n) is 3.35. The molecule has 1 aliphatic rings. The van der Waals surface area contributed by atoms with Gasteiger partial charge in [-0.25, -0.2) is 4.79 Å².